The van der Waals surface area contributed by atoms with Crippen molar-refractivity contribution in [2.24, 2.45) is 0 Å². The van der Waals surface area contributed by atoms with E-state index in [9.17, 15) is 13.2 Å². The highest BCUT2D eigenvalue weighted by Crippen LogP contribution is 2.29. The van der Waals surface area contributed by atoms with E-state index in [4.69, 9.17) is 0 Å². The predicted molar refractivity (Wildman–Crippen MR) is 60.0 cm³/mol. The smallest absolute Gasteiger partial charge is 0.381 e. The minimum Gasteiger partial charge on any atom is -0.381 e. The van der Waals surface area contributed by atoms with Crippen LogP contribution in [-0.4, -0.2) is 11.2 Å². The van der Waals surface area contributed by atoms with Gasteiger partial charge in [-0.25, -0.2) is 0 Å². The molecule has 0 radical (unpaired) electrons. The van der Waals surface area contributed by atoms with E-state index in [1.54, 1.807) is 24.5 Å². The van der Waals surface area contributed by atoms with E-state index >= 15 is 0 Å². The number of hydrogen-bond donors (Lipinski definition) is 1. The second kappa shape index (κ2) is 5.52. The van der Waals surface area contributed by atoms with Gasteiger partial charge in [0.2, 0.25) is 0 Å². The molecule has 0 aliphatic rings. The lowest BCUT2D eigenvalue weighted by molar-refractivity contribution is -0.0899. The van der Waals surface area contributed by atoms with Gasteiger partial charge in [0.15, 0.2) is 0 Å². The van der Waals surface area contributed by atoms with Crippen LogP contribution in [0, 0.1) is 0 Å². The molecule has 1 rings (SSSR count). The Morgan fingerprint density at radius 1 is 1.53 bits per heavy atom. The first kappa shape index (κ1) is 13.3. The molecule has 0 aromatic carbocycles. The van der Waals surface area contributed by atoms with Gasteiger partial charge in [-0.15, -0.1) is 0 Å². The SMILES string of the molecule is C=C(NCc1cccnc1)/C(=C\C)C(F)(F)F. The van der Waals surface area contributed by atoms with Crippen molar-refractivity contribution in [2.75, 3.05) is 0 Å². The highest BCUT2D eigenvalue weighted by molar-refractivity contribution is 5.31. The first-order valence-corrected chi connectivity index (χ1v) is 5.00. The van der Waals surface area contributed by atoms with Gasteiger partial charge in [0.05, 0.1) is 5.57 Å². The Morgan fingerprint density at radius 3 is 2.71 bits per heavy atom. The van der Waals surface area contributed by atoms with Crippen LogP contribution in [-0.2, 0) is 6.54 Å². The number of rotatable bonds is 4. The van der Waals surface area contributed by atoms with Crippen molar-refractivity contribution in [2.45, 2.75) is 19.6 Å². The number of nitrogens with zero attached hydrogens (tertiary/aromatic N) is 1. The van der Waals surface area contributed by atoms with Gasteiger partial charge in [0.25, 0.3) is 0 Å². The zero-order valence-corrected chi connectivity index (χ0v) is 9.38. The van der Waals surface area contributed by atoms with Gasteiger partial charge in [-0.2, -0.15) is 13.2 Å². The van der Waals surface area contributed by atoms with E-state index in [1.807, 2.05) is 0 Å². The van der Waals surface area contributed by atoms with Crippen LogP contribution >= 0.6 is 0 Å². The fourth-order valence-corrected chi connectivity index (χ4v) is 1.32. The van der Waals surface area contributed by atoms with Crippen molar-refractivity contribution >= 4 is 0 Å². The van der Waals surface area contributed by atoms with Gasteiger partial charge in [0, 0.05) is 24.6 Å². The molecule has 0 saturated heterocycles. The Bertz CT molecular complexity index is 408. The first-order chi connectivity index (χ1) is 7.95. The third kappa shape index (κ3) is 3.94. The second-order valence-corrected chi connectivity index (χ2v) is 3.39. The quantitative estimate of drug-likeness (QED) is 0.820. The van der Waals surface area contributed by atoms with Crippen molar-refractivity contribution in [3.05, 3.63) is 54.0 Å². The molecule has 0 unspecified atom stereocenters. The van der Waals surface area contributed by atoms with Crippen molar-refractivity contribution < 1.29 is 13.2 Å². The van der Waals surface area contributed by atoms with Crippen LogP contribution in [0.15, 0.2) is 48.5 Å². The van der Waals surface area contributed by atoms with Crippen molar-refractivity contribution in [1.29, 1.82) is 0 Å². The Morgan fingerprint density at radius 2 is 2.24 bits per heavy atom. The largest absolute Gasteiger partial charge is 0.418 e. The molecule has 0 saturated carbocycles. The van der Waals surface area contributed by atoms with Gasteiger partial charge >= 0.3 is 6.18 Å². The molecule has 17 heavy (non-hydrogen) atoms. The van der Waals surface area contributed by atoms with Gasteiger partial charge in [-0.05, 0) is 18.6 Å². The molecule has 0 atom stereocenters. The molecule has 0 bridgehead atoms. The third-order valence-corrected chi connectivity index (χ3v) is 2.15. The molecular weight excluding hydrogens is 229 g/mol. The molecule has 1 aromatic rings. The Balaban J connectivity index is 2.62. The minimum atomic E-state index is -4.38. The first-order valence-electron chi connectivity index (χ1n) is 5.00. The maximum atomic E-state index is 12.5. The van der Waals surface area contributed by atoms with E-state index in [1.165, 1.54) is 6.92 Å². The molecule has 1 heterocycles. The zero-order chi connectivity index (χ0) is 12.9. The summed E-state index contributed by atoms with van der Waals surface area (Å²) in [6, 6.07) is 3.50. The standard InChI is InChI=1S/C12H13F3N2/c1-3-11(12(13,14)15)9(2)17-8-10-5-4-6-16-7-10/h3-7,17H,2,8H2,1H3/b11-3+. The number of hydrogen-bond acceptors (Lipinski definition) is 2. The summed E-state index contributed by atoms with van der Waals surface area (Å²) in [5.41, 5.74) is -0.0866. The molecule has 0 amide bonds. The van der Waals surface area contributed by atoms with Crippen LogP contribution in [0.1, 0.15) is 12.5 Å². The molecule has 1 aromatic heterocycles. The van der Waals surface area contributed by atoms with Crippen LogP contribution in [0.25, 0.3) is 0 Å². The third-order valence-electron chi connectivity index (χ3n) is 2.15. The average molecular weight is 242 g/mol. The molecule has 0 aliphatic carbocycles. The number of nitrogens with one attached hydrogen (secondary N) is 1. The van der Waals surface area contributed by atoms with E-state index < -0.39 is 11.7 Å². The fourth-order valence-electron chi connectivity index (χ4n) is 1.32. The summed E-state index contributed by atoms with van der Waals surface area (Å²) in [5, 5.41) is 2.63. The average Bonchev–Trinajstić information content (AvgIpc) is 2.27. The lowest BCUT2D eigenvalue weighted by Crippen LogP contribution is -2.22. The molecule has 0 aliphatic heterocycles. The summed E-state index contributed by atoms with van der Waals surface area (Å²) in [6.07, 6.45) is -0.193. The van der Waals surface area contributed by atoms with Gasteiger partial charge in [-0.1, -0.05) is 18.7 Å². The number of halogens is 3. The van der Waals surface area contributed by atoms with Crippen molar-refractivity contribution in [3.8, 4) is 0 Å². The Labute approximate surface area is 97.9 Å². The van der Waals surface area contributed by atoms with Gasteiger partial charge in [0.1, 0.15) is 0 Å². The topological polar surface area (TPSA) is 24.9 Å². The number of alkyl halides is 3. The summed E-state index contributed by atoms with van der Waals surface area (Å²) in [6.45, 7) is 4.98. The molecular formula is C12H13F3N2. The Hall–Kier alpha value is -1.78. The van der Waals surface area contributed by atoms with Crippen molar-refractivity contribution in [1.82, 2.24) is 10.3 Å². The molecule has 2 nitrogen and oxygen atoms in total. The summed E-state index contributed by atoms with van der Waals surface area (Å²) in [7, 11) is 0. The van der Waals surface area contributed by atoms with Gasteiger partial charge in [-0.3, -0.25) is 4.98 Å². The van der Waals surface area contributed by atoms with Crippen LogP contribution in [0.5, 0.6) is 0 Å². The van der Waals surface area contributed by atoms with E-state index in [-0.39, 0.29) is 12.2 Å². The highest BCUT2D eigenvalue weighted by atomic mass is 19.4. The molecule has 1 N–H and O–H groups in total. The van der Waals surface area contributed by atoms with Crippen LogP contribution < -0.4 is 5.32 Å². The lowest BCUT2D eigenvalue weighted by atomic mass is 10.2. The second-order valence-electron chi connectivity index (χ2n) is 3.39. The number of aromatic nitrogens is 1. The van der Waals surface area contributed by atoms with Crippen LogP contribution in [0.2, 0.25) is 0 Å². The maximum absolute atomic E-state index is 12.5. The Kier molecular flexibility index (Phi) is 4.31. The van der Waals surface area contributed by atoms with Crippen LogP contribution in [0.3, 0.4) is 0 Å². The molecule has 5 heteroatoms. The van der Waals surface area contributed by atoms with Crippen LogP contribution in [0.4, 0.5) is 13.2 Å². The summed E-state index contributed by atoms with van der Waals surface area (Å²) in [5.74, 6) is 0. The predicted octanol–water partition coefficient (Wildman–Crippen LogP) is 3.19. The number of pyridine rings is 1. The normalized spacial score (nSPS) is 12.4. The van der Waals surface area contributed by atoms with E-state index in [0.29, 0.717) is 0 Å². The summed E-state index contributed by atoms with van der Waals surface area (Å²) in [4.78, 5) is 3.87. The summed E-state index contributed by atoms with van der Waals surface area (Å²) >= 11 is 0. The van der Waals surface area contributed by atoms with E-state index in [2.05, 4.69) is 16.9 Å². The number of allylic oxidation sites excluding steroid dienone is 2. The zero-order valence-electron chi connectivity index (χ0n) is 9.38. The fraction of sp³-hybridized carbons (Fsp3) is 0.250. The van der Waals surface area contributed by atoms with Gasteiger partial charge < -0.3 is 5.32 Å². The maximum Gasteiger partial charge on any atom is 0.418 e. The monoisotopic (exact) mass is 242 g/mol. The lowest BCUT2D eigenvalue weighted by Gasteiger charge is -2.15. The van der Waals surface area contributed by atoms with E-state index in [0.717, 1.165) is 11.6 Å². The molecule has 92 valence electrons. The molecule has 0 fully saturated rings. The minimum absolute atomic E-state index is 0.135. The highest BCUT2D eigenvalue weighted by Gasteiger charge is 2.34. The molecule has 0 spiro atoms. The van der Waals surface area contributed by atoms with Crippen molar-refractivity contribution in [3.63, 3.8) is 0 Å². The summed E-state index contributed by atoms with van der Waals surface area (Å²) < 4.78 is 37.5.